The molecule has 1 saturated carbocycles. The van der Waals surface area contributed by atoms with E-state index in [0.29, 0.717) is 36.3 Å². The number of ether oxygens (including phenoxy) is 2. The highest BCUT2D eigenvalue weighted by Gasteiger charge is 2.43. The Balaban J connectivity index is 2.03. The fourth-order valence-electron chi connectivity index (χ4n) is 4.48. The van der Waals surface area contributed by atoms with Crippen LogP contribution in [-0.2, 0) is 14.3 Å². The minimum absolute atomic E-state index is 0.0929. The first-order valence-corrected chi connectivity index (χ1v) is 13.5. The summed E-state index contributed by atoms with van der Waals surface area (Å²) >= 11 is 0. The first-order chi connectivity index (χ1) is 18.4. The van der Waals surface area contributed by atoms with Gasteiger partial charge < -0.3 is 30.1 Å². The molecule has 3 amide bonds. The van der Waals surface area contributed by atoms with Crippen LogP contribution in [0.15, 0.2) is 48.5 Å². The van der Waals surface area contributed by atoms with E-state index in [-0.39, 0.29) is 17.7 Å². The van der Waals surface area contributed by atoms with Crippen LogP contribution in [0.4, 0.5) is 10.5 Å². The first kappa shape index (κ1) is 29.8. The number of nitrogens with one attached hydrogen (secondary N) is 2. The maximum Gasteiger partial charge on any atom is 0.408 e. The van der Waals surface area contributed by atoms with Gasteiger partial charge in [0.2, 0.25) is 5.91 Å². The Morgan fingerprint density at radius 2 is 1.72 bits per heavy atom. The lowest BCUT2D eigenvalue weighted by atomic mass is 9.86. The quantitative estimate of drug-likeness (QED) is 0.372. The minimum Gasteiger partial charge on any atom is -0.508 e. The number of alkyl carbamates (subject to hydrolysis) is 1. The van der Waals surface area contributed by atoms with Crippen molar-refractivity contribution in [3.8, 4) is 11.5 Å². The molecule has 0 radical (unpaired) electrons. The second kappa shape index (κ2) is 12.9. The molecule has 1 aliphatic rings. The average molecular weight is 540 g/mol. The van der Waals surface area contributed by atoms with Gasteiger partial charge in [-0.1, -0.05) is 38.5 Å². The second-order valence-electron chi connectivity index (χ2n) is 11.0. The van der Waals surface area contributed by atoms with Crippen molar-refractivity contribution < 1.29 is 29.0 Å². The van der Waals surface area contributed by atoms with Crippen molar-refractivity contribution in [1.29, 1.82) is 0 Å². The summed E-state index contributed by atoms with van der Waals surface area (Å²) in [6.45, 7) is 9.08. The van der Waals surface area contributed by atoms with Gasteiger partial charge >= 0.3 is 6.09 Å². The number of para-hydroxylation sites is 1. The van der Waals surface area contributed by atoms with E-state index < -0.39 is 35.6 Å². The lowest BCUT2D eigenvalue weighted by Crippen LogP contribution is -2.58. The number of carbonyl (C=O) groups excluding carboxylic acids is 3. The molecule has 0 saturated heterocycles. The van der Waals surface area contributed by atoms with Crippen LogP contribution in [0.3, 0.4) is 0 Å². The van der Waals surface area contributed by atoms with Crippen LogP contribution in [0, 0.1) is 5.92 Å². The molecule has 3 rings (SSSR count). The molecule has 1 fully saturated rings. The van der Waals surface area contributed by atoms with E-state index in [0.717, 1.165) is 6.42 Å². The van der Waals surface area contributed by atoms with Crippen molar-refractivity contribution in [2.45, 2.75) is 84.0 Å². The predicted molar refractivity (Wildman–Crippen MR) is 150 cm³/mol. The van der Waals surface area contributed by atoms with Crippen LogP contribution >= 0.6 is 0 Å². The standard InChI is InChI=1S/C30H41N3O6/c1-7-19(2)25(32-29(37)39-30(3,4)5)28(36)33(21-11-10-12-21)26(23-13-8-9-14-24(23)34)27(35)31-20-15-17-22(38-6)18-16-20/h8-9,13-19,21,25-26,34H,7,10-12H2,1-6H3,(H,31,35)(H,32,37). The Labute approximate surface area is 230 Å². The predicted octanol–water partition coefficient (Wildman–Crippen LogP) is 5.40. The summed E-state index contributed by atoms with van der Waals surface area (Å²) in [6.07, 6.45) is 2.26. The zero-order chi connectivity index (χ0) is 28.7. The van der Waals surface area contributed by atoms with Crippen molar-refractivity contribution in [2.75, 3.05) is 12.4 Å². The Bertz CT molecular complexity index is 1140. The molecule has 39 heavy (non-hydrogen) atoms. The van der Waals surface area contributed by atoms with Crippen LogP contribution in [0.2, 0.25) is 0 Å². The van der Waals surface area contributed by atoms with Gasteiger partial charge in [-0.15, -0.1) is 0 Å². The number of nitrogens with zero attached hydrogens (tertiary/aromatic N) is 1. The Morgan fingerprint density at radius 1 is 1.08 bits per heavy atom. The first-order valence-electron chi connectivity index (χ1n) is 13.5. The number of phenols is 1. The number of hydrogen-bond donors (Lipinski definition) is 3. The summed E-state index contributed by atoms with van der Waals surface area (Å²) in [4.78, 5) is 42.6. The van der Waals surface area contributed by atoms with Crippen molar-refractivity contribution >= 4 is 23.6 Å². The Hall–Kier alpha value is -3.75. The molecule has 212 valence electrons. The molecule has 0 bridgehead atoms. The van der Waals surface area contributed by atoms with Crippen LogP contribution in [0.5, 0.6) is 11.5 Å². The summed E-state index contributed by atoms with van der Waals surface area (Å²) in [5.41, 5.74) is 0.0914. The molecule has 1 aliphatic carbocycles. The van der Waals surface area contributed by atoms with Gasteiger partial charge in [0.15, 0.2) is 0 Å². The molecule has 0 spiro atoms. The van der Waals surface area contributed by atoms with Gasteiger partial charge in [-0.25, -0.2) is 4.79 Å². The van der Waals surface area contributed by atoms with E-state index in [9.17, 15) is 19.5 Å². The summed E-state index contributed by atoms with van der Waals surface area (Å²) in [5, 5.41) is 16.5. The van der Waals surface area contributed by atoms with Gasteiger partial charge in [-0.3, -0.25) is 9.59 Å². The van der Waals surface area contributed by atoms with Crippen LogP contribution in [0.1, 0.15) is 71.9 Å². The van der Waals surface area contributed by atoms with Gasteiger partial charge in [0.1, 0.15) is 29.2 Å². The summed E-state index contributed by atoms with van der Waals surface area (Å²) in [6, 6.07) is 11.1. The van der Waals surface area contributed by atoms with Crippen molar-refractivity contribution in [1.82, 2.24) is 10.2 Å². The van der Waals surface area contributed by atoms with E-state index in [4.69, 9.17) is 9.47 Å². The second-order valence-corrected chi connectivity index (χ2v) is 11.0. The largest absolute Gasteiger partial charge is 0.508 e. The maximum absolute atomic E-state index is 14.3. The number of anilines is 1. The molecule has 9 heteroatoms. The van der Waals surface area contributed by atoms with E-state index in [1.165, 1.54) is 6.07 Å². The zero-order valence-electron chi connectivity index (χ0n) is 23.7. The fraction of sp³-hybridized carbons (Fsp3) is 0.500. The molecular formula is C30H41N3O6. The molecule has 0 heterocycles. The number of aromatic hydroxyl groups is 1. The van der Waals surface area contributed by atoms with E-state index >= 15 is 0 Å². The van der Waals surface area contributed by atoms with Gasteiger partial charge in [-0.05, 0) is 76.3 Å². The number of amides is 3. The topological polar surface area (TPSA) is 117 Å². The SMILES string of the molecule is CCC(C)C(NC(=O)OC(C)(C)C)C(=O)N(C1CCC1)C(C(=O)Nc1ccc(OC)cc1)c1ccccc1O. The van der Waals surface area contributed by atoms with Gasteiger partial charge in [-0.2, -0.15) is 0 Å². The third kappa shape index (κ3) is 7.65. The molecular weight excluding hydrogens is 498 g/mol. The molecule has 2 aromatic rings. The third-order valence-corrected chi connectivity index (χ3v) is 6.99. The zero-order valence-corrected chi connectivity index (χ0v) is 23.7. The number of carbonyl (C=O) groups is 3. The van der Waals surface area contributed by atoms with Crippen LogP contribution in [-0.4, -0.2) is 52.7 Å². The number of hydrogen-bond acceptors (Lipinski definition) is 6. The Morgan fingerprint density at radius 3 is 2.23 bits per heavy atom. The number of phenolic OH excluding ortho intramolecular Hbond substituents is 1. The van der Waals surface area contributed by atoms with Gasteiger partial charge in [0.25, 0.3) is 5.91 Å². The highest BCUT2D eigenvalue weighted by atomic mass is 16.6. The average Bonchev–Trinajstić information content (AvgIpc) is 2.85. The third-order valence-electron chi connectivity index (χ3n) is 6.99. The van der Waals surface area contributed by atoms with Crippen molar-refractivity contribution in [3.05, 3.63) is 54.1 Å². The molecule has 9 nitrogen and oxygen atoms in total. The molecule has 3 unspecified atom stereocenters. The van der Waals surface area contributed by atoms with Gasteiger partial charge in [0.05, 0.1) is 7.11 Å². The van der Waals surface area contributed by atoms with Crippen molar-refractivity contribution in [3.63, 3.8) is 0 Å². The molecule has 3 N–H and O–H groups in total. The monoisotopic (exact) mass is 539 g/mol. The van der Waals surface area contributed by atoms with Crippen LogP contribution in [0.25, 0.3) is 0 Å². The van der Waals surface area contributed by atoms with E-state index in [1.54, 1.807) is 75.2 Å². The molecule has 0 aliphatic heterocycles. The lowest BCUT2D eigenvalue weighted by molar-refractivity contribution is -0.147. The highest BCUT2D eigenvalue weighted by molar-refractivity contribution is 5.99. The number of rotatable bonds is 10. The van der Waals surface area contributed by atoms with Crippen molar-refractivity contribution in [2.24, 2.45) is 5.92 Å². The molecule has 2 aromatic carbocycles. The number of benzene rings is 2. The van der Waals surface area contributed by atoms with E-state index in [2.05, 4.69) is 10.6 Å². The van der Waals surface area contributed by atoms with Crippen LogP contribution < -0.4 is 15.4 Å². The maximum atomic E-state index is 14.3. The smallest absolute Gasteiger partial charge is 0.408 e. The molecule has 0 aromatic heterocycles. The highest BCUT2D eigenvalue weighted by Crippen LogP contribution is 2.38. The van der Waals surface area contributed by atoms with E-state index in [1.807, 2.05) is 13.8 Å². The minimum atomic E-state index is -1.13. The fourth-order valence-corrected chi connectivity index (χ4v) is 4.48. The van der Waals surface area contributed by atoms with Gasteiger partial charge in [0, 0.05) is 17.3 Å². The number of methoxy groups -OCH3 is 1. The summed E-state index contributed by atoms with van der Waals surface area (Å²) < 4.78 is 10.7. The Kier molecular flexibility index (Phi) is 9.83. The lowest BCUT2D eigenvalue weighted by Gasteiger charge is -2.44. The summed E-state index contributed by atoms with van der Waals surface area (Å²) in [7, 11) is 1.56. The summed E-state index contributed by atoms with van der Waals surface area (Å²) in [5.74, 6) is -0.548. The molecule has 3 atom stereocenters. The normalized spacial score (nSPS) is 15.7.